The van der Waals surface area contributed by atoms with Crippen LogP contribution in [0.15, 0.2) is 12.2 Å². The van der Waals surface area contributed by atoms with Gasteiger partial charge in [-0.15, -0.1) is 0 Å². The molecule has 1 aliphatic rings. The first-order chi connectivity index (χ1) is 7.66. The molecule has 2 unspecified atom stereocenters. The summed E-state index contributed by atoms with van der Waals surface area (Å²) in [4.78, 5) is 22.5. The molecule has 0 fully saturated rings. The number of aliphatic hydroxyl groups is 1. The minimum Gasteiger partial charge on any atom is -0.481 e. The van der Waals surface area contributed by atoms with Crippen LogP contribution in [0, 0.1) is 11.8 Å². The zero-order valence-electron chi connectivity index (χ0n) is 8.96. The Morgan fingerprint density at radius 2 is 2.19 bits per heavy atom. The average Bonchev–Trinajstić information content (AvgIpc) is 2.29. The van der Waals surface area contributed by atoms with Crippen LogP contribution in [0.25, 0.3) is 0 Å². The molecule has 1 aliphatic carbocycles. The van der Waals surface area contributed by atoms with Crippen LogP contribution in [0.2, 0.25) is 0 Å². The molecule has 0 saturated heterocycles. The van der Waals surface area contributed by atoms with Gasteiger partial charge in [0.15, 0.2) is 0 Å². The minimum atomic E-state index is -0.964. The van der Waals surface area contributed by atoms with Gasteiger partial charge in [-0.3, -0.25) is 9.59 Å². The van der Waals surface area contributed by atoms with Crippen molar-refractivity contribution in [3.05, 3.63) is 12.2 Å². The van der Waals surface area contributed by atoms with Crippen molar-refractivity contribution in [2.75, 3.05) is 13.2 Å². The Kier molecular flexibility index (Phi) is 4.98. The van der Waals surface area contributed by atoms with Gasteiger partial charge in [0.1, 0.15) is 0 Å². The van der Waals surface area contributed by atoms with Gasteiger partial charge in [0, 0.05) is 13.0 Å². The standard InChI is InChI=1S/C11H16O5/c12-6-3-7-16-11(15)9-5-2-1-4-8(9)10(13)14/h2,5,8-9,12H,1,3-4,6-7H2,(H,13,14). The molecule has 0 spiro atoms. The molecule has 90 valence electrons. The maximum Gasteiger partial charge on any atom is 0.313 e. The Labute approximate surface area is 93.7 Å². The highest BCUT2D eigenvalue weighted by atomic mass is 16.5. The molecule has 16 heavy (non-hydrogen) atoms. The second-order valence-corrected chi connectivity index (χ2v) is 3.72. The molecule has 5 nitrogen and oxygen atoms in total. The van der Waals surface area contributed by atoms with E-state index in [1.807, 2.05) is 0 Å². The quantitative estimate of drug-likeness (QED) is 0.408. The third-order valence-electron chi connectivity index (χ3n) is 2.56. The molecule has 0 heterocycles. The van der Waals surface area contributed by atoms with Crippen molar-refractivity contribution in [2.24, 2.45) is 11.8 Å². The number of carboxylic acids is 1. The Balaban J connectivity index is 2.54. The maximum atomic E-state index is 11.6. The molecule has 0 amide bonds. The monoisotopic (exact) mass is 228 g/mol. The Bertz CT molecular complexity index is 284. The fourth-order valence-corrected chi connectivity index (χ4v) is 1.69. The lowest BCUT2D eigenvalue weighted by Gasteiger charge is -2.22. The van der Waals surface area contributed by atoms with Gasteiger partial charge in [-0.25, -0.2) is 0 Å². The van der Waals surface area contributed by atoms with Crippen molar-refractivity contribution >= 4 is 11.9 Å². The van der Waals surface area contributed by atoms with Gasteiger partial charge in [-0.2, -0.15) is 0 Å². The first-order valence-electron chi connectivity index (χ1n) is 5.33. The second kappa shape index (κ2) is 6.27. The van der Waals surface area contributed by atoms with Gasteiger partial charge < -0.3 is 14.9 Å². The van der Waals surface area contributed by atoms with E-state index in [1.165, 1.54) is 0 Å². The highest BCUT2D eigenvalue weighted by Gasteiger charge is 2.34. The van der Waals surface area contributed by atoms with Gasteiger partial charge in [0.05, 0.1) is 18.4 Å². The van der Waals surface area contributed by atoms with Gasteiger partial charge in [0.2, 0.25) is 0 Å². The summed E-state index contributed by atoms with van der Waals surface area (Å²) in [5, 5.41) is 17.5. The van der Waals surface area contributed by atoms with Crippen LogP contribution in [-0.2, 0) is 14.3 Å². The molecular weight excluding hydrogens is 212 g/mol. The SMILES string of the molecule is O=C(OCCCO)C1C=CCCC1C(=O)O. The van der Waals surface area contributed by atoms with E-state index in [4.69, 9.17) is 14.9 Å². The fourth-order valence-electron chi connectivity index (χ4n) is 1.69. The molecule has 2 N–H and O–H groups in total. The number of hydrogen-bond donors (Lipinski definition) is 2. The van der Waals surface area contributed by atoms with Gasteiger partial charge >= 0.3 is 11.9 Å². The predicted octanol–water partition coefficient (Wildman–Crippen LogP) is 0.579. The third-order valence-corrected chi connectivity index (χ3v) is 2.56. The largest absolute Gasteiger partial charge is 0.481 e. The average molecular weight is 228 g/mol. The van der Waals surface area contributed by atoms with Crippen LogP contribution in [0.4, 0.5) is 0 Å². The van der Waals surface area contributed by atoms with Crippen molar-refractivity contribution in [1.82, 2.24) is 0 Å². The number of carbonyl (C=O) groups excluding carboxylic acids is 1. The van der Waals surface area contributed by atoms with Gasteiger partial charge in [0.25, 0.3) is 0 Å². The van der Waals surface area contributed by atoms with Crippen LogP contribution in [0.1, 0.15) is 19.3 Å². The van der Waals surface area contributed by atoms with Gasteiger partial charge in [-0.05, 0) is 12.8 Å². The number of rotatable bonds is 5. The van der Waals surface area contributed by atoms with Crippen molar-refractivity contribution in [1.29, 1.82) is 0 Å². The first kappa shape index (κ1) is 12.7. The number of ether oxygens (including phenoxy) is 1. The van der Waals surface area contributed by atoms with Crippen LogP contribution in [-0.4, -0.2) is 35.4 Å². The predicted molar refractivity (Wildman–Crippen MR) is 55.7 cm³/mol. The number of hydrogen-bond acceptors (Lipinski definition) is 4. The summed E-state index contributed by atoms with van der Waals surface area (Å²) in [5.41, 5.74) is 0. The first-order valence-corrected chi connectivity index (χ1v) is 5.33. The summed E-state index contributed by atoms with van der Waals surface area (Å²) in [7, 11) is 0. The number of allylic oxidation sites excluding steroid dienone is 1. The second-order valence-electron chi connectivity index (χ2n) is 3.72. The van der Waals surface area contributed by atoms with E-state index in [1.54, 1.807) is 12.2 Å². The molecule has 0 aromatic carbocycles. The van der Waals surface area contributed by atoms with E-state index >= 15 is 0 Å². The lowest BCUT2D eigenvalue weighted by atomic mass is 9.84. The summed E-state index contributed by atoms with van der Waals surface area (Å²) in [6.07, 6.45) is 4.92. The van der Waals surface area contributed by atoms with Crippen molar-refractivity contribution in [3.8, 4) is 0 Å². The highest BCUT2D eigenvalue weighted by molar-refractivity contribution is 5.83. The molecule has 2 atom stereocenters. The fraction of sp³-hybridized carbons (Fsp3) is 0.636. The summed E-state index contributed by atoms with van der Waals surface area (Å²) in [5.74, 6) is -2.86. The maximum absolute atomic E-state index is 11.6. The number of carbonyl (C=O) groups is 2. The van der Waals surface area contributed by atoms with E-state index in [-0.39, 0.29) is 13.2 Å². The number of aliphatic carboxylic acids is 1. The Morgan fingerprint density at radius 3 is 2.81 bits per heavy atom. The Morgan fingerprint density at radius 1 is 1.44 bits per heavy atom. The van der Waals surface area contributed by atoms with E-state index in [2.05, 4.69) is 0 Å². The third kappa shape index (κ3) is 3.34. The van der Waals surface area contributed by atoms with E-state index in [0.29, 0.717) is 19.3 Å². The lowest BCUT2D eigenvalue weighted by molar-refractivity contribution is -0.156. The van der Waals surface area contributed by atoms with Crippen LogP contribution < -0.4 is 0 Å². The molecule has 0 saturated carbocycles. The molecular formula is C11H16O5. The smallest absolute Gasteiger partial charge is 0.313 e. The van der Waals surface area contributed by atoms with E-state index in [0.717, 1.165) is 0 Å². The molecule has 1 rings (SSSR count). The van der Waals surface area contributed by atoms with E-state index in [9.17, 15) is 9.59 Å². The van der Waals surface area contributed by atoms with E-state index < -0.39 is 23.8 Å². The number of aliphatic hydroxyl groups excluding tert-OH is 1. The highest BCUT2D eigenvalue weighted by Crippen LogP contribution is 2.26. The zero-order valence-corrected chi connectivity index (χ0v) is 8.96. The van der Waals surface area contributed by atoms with Crippen molar-refractivity contribution in [2.45, 2.75) is 19.3 Å². The molecule has 0 radical (unpaired) electrons. The van der Waals surface area contributed by atoms with Crippen molar-refractivity contribution < 1.29 is 24.5 Å². The molecule has 0 aromatic rings. The van der Waals surface area contributed by atoms with Crippen LogP contribution >= 0.6 is 0 Å². The minimum absolute atomic E-state index is 0.0455. The normalized spacial score (nSPS) is 24.1. The number of carboxylic acid groups (broad SMARTS) is 1. The summed E-state index contributed by atoms with van der Waals surface area (Å²) >= 11 is 0. The summed E-state index contributed by atoms with van der Waals surface area (Å²) < 4.78 is 4.89. The zero-order chi connectivity index (χ0) is 12.0. The molecule has 0 bridgehead atoms. The molecule has 0 aromatic heterocycles. The molecule has 0 aliphatic heterocycles. The summed E-state index contributed by atoms with van der Waals surface area (Å²) in [6.45, 7) is 0.0855. The Hall–Kier alpha value is -1.36. The number of esters is 1. The van der Waals surface area contributed by atoms with Crippen LogP contribution in [0.5, 0.6) is 0 Å². The van der Waals surface area contributed by atoms with Gasteiger partial charge in [-0.1, -0.05) is 12.2 Å². The van der Waals surface area contributed by atoms with Crippen molar-refractivity contribution in [3.63, 3.8) is 0 Å². The lowest BCUT2D eigenvalue weighted by Crippen LogP contribution is -2.31. The van der Waals surface area contributed by atoms with Crippen LogP contribution in [0.3, 0.4) is 0 Å². The summed E-state index contributed by atoms with van der Waals surface area (Å²) in [6, 6.07) is 0. The molecule has 5 heteroatoms. The topological polar surface area (TPSA) is 83.8 Å².